The van der Waals surface area contributed by atoms with Gasteiger partial charge in [0.15, 0.2) is 11.7 Å². The Balaban J connectivity index is 1.42. The summed E-state index contributed by atoms with van der Waals surface area (Å²) >= 11 is 7.49. The van der Waals surface area contributed by atoms with E-state index in [0.29, 0.717) is 11.7 Å². The van der Waals surface area contributed by atoms with Gasteiger partial charge in [-0.15, -0.1) is 11.3 Å². The number of amides is 1. The molecular weight excluding hydrogens is 332 g/mol. The number of nitrogens with zero attached hydrogens (tertiary/aromatic N) is 1. The summed E-state index contributed by atoms with van der Waals surface area (Å²) in [4.78, 5) is 19.0. The molecule has 1 aromatic carbocycles. The fourth-order valence-corrected chi connectivity index (χ4v) is 3.68. The fraction of sp³-hybridized carbons (Fsp3) is 0.375. The first-order valence-corrected chi connectivity index (χ1v) is 9.06. The molecule has 2 aromatic rings. The first kappa shape index (κ1) is 16.4. The number of piperazine rings is 1. The normalized spacial score (nSPS) is 21.1. The average Bonchev–Trinajstić information content (AvgIpc) is 3.02. The van der Waals surface area contributed by atoms with E-state index < -0.39 is 0 Å². The molecule has 1 fully saturated rings. The summed E-state index contributed by atoms with van der Waals surface area (Å²) in [5, 5.41) is 6.19. The van der Waals surface area contributed by atoms with Crippen LogP contribution in [0.4, 0.5) is 5.13 Å². The number of hydrogen-bond acceptors (Lipinski definition) is 3. The number of nitrogens with one attached hydrogen (secondary N) is 3. The van der Waals surface area contributed by atoms with Crippen molar-refractivity contribution in [2.45, 2.75) is 6.54 Å². The van der Waals surface area contributed by atoms with Crippen LogP contribution in [0.15, 0.2) is 35.8 Å². The Morgan fingerprint density at radius 2 is 2.04 bits per heavy atom. The van der Waals surface area contributed by atoms with Crippen LogP contribution in [-0.4, -0.2) is 43.6 Å². The zero-order valence-corrected chi connectivity index (χ0v) is 14.4. The van der Waals surface area contributed by atoms with E-state index in [1.165, 1.54) is 21.8 Å². The minimum atomic E-state index is 0.0493. The van der Waals surface area contributed by atoms with Crippen molar-refractivity contribution < 1.29 is 14.6 Å². The first-order chi connectivity index (χ1) is 11.2. The number of rotatable bonds is 5. The smallest absolute Gasteiger partial charge is 0.281 e. The van der Waals surface area contributed by atoms with Gasteiger partial charge in [0.05, 0.1) is 0 Å². The molecule has 1 aliphatic heterocycles. The lowest BCUT2D eigenvalue weighted by atomic mass is 10.2. The van der Waals surface area contributed by atoms with Crippen molar-refractivity contribution >= 4 is 34.0 Å². The molecule has 0 bridgehead atoms. The highest BCUT2D eigenvalue weighted by Gasteiger charge is 2.25. The minimum Gasteiger partial charge on any atom is -0.322 e. The largest absolute Gasteiger partial charge is 0.322 e. The Labute approximate surface area is 144 Å². The quantitative estimate of drug-likeness (QED) is 0.693. The van der Waals surface area contributed by atoms with Crippen LogP contribution in [0.25, 0.3) is 0 Å². The van der Waals surface area contributed by atoms with Gasteiger partial charge in [-0.25, -0.2) is 4.98 Å². The van der Waals surface area contributed by atoms with Gasteiger partial charge in [-0.1, -0.05) is 23.7 Å². The van der Waals surface area contributed by atoms with Crippen molar-refractivity contribution in [3.8, 4) is 0 Å². The second-order valence-corrected chi connectivity index (χ2v) is 7.20. The number of aromatic nitrogens is 1. The molecule has 0 saturated carbocycles. The number of anilines is 1. The van der Waals surface area contributed by atoms with Crippen LogP contribution < -0.4 is 15.1 Å². The van der Waals surface area contributed by atoms with Crippen LogP contribution >= 0.6 is 22.9 Å². The SMILES string of the molecule is O=C(C[NH+]1CC[NH+](Cc2cccc(Cl)c2)CC1)Nc1nccs1. The summed E-state index contributed by atoms with van der Waals surface area (Å²) in [5.74, 6) is 0.0493. The molecule has 5 nitrogen and oxygen atoms in total. The van der Waals surface area contributed by atoms with Crippen LogP contribution in [0.5, 0.6) is 0 Å². The summed E-state index contributed by atoms with van der Waals surface area (Å²) in [6.45, 7) is 5.70. The predicted octanol–water partition coefficient (Wildman–Crippen LogP) is -0.281. The second-order valence-electron chi connectivity index (χ2n) is 5.87. The third kappa shape index (κ3) is 5.00. The molecule has 1 saturated heterocycles. The van der Waals surface area contributed by atoms with Crippen molar-refractivity contribution in [1.82, 2.24) is 4.98 Å². The van der Waals surface area contributed by atoms with Gasteiger partial charge >= 0.3 is 0 Å². The molecule has 0 spiro atoms. The molecular formula is C16H21ClN4OS+2. The Morgan fingerprint density at radius 3 is 2.74 bits per heavy atom. The lowest BCUT2D eigenvalue weighted by Gasteiger charge is -2.29. The Morgan fingerprint density at radius 1 is 1.26 bits per heavy atom. The molecule has 1 aliphatic rings. The molecule has 23 heavy (non-hydrogen) atoms. The van der Waals surface area contributed by atoms with Gasteiger partial charge in [0.1, 0.15) is 32.7 Å². The molecule has 2 heterocycles. The van der Waals surface area contributed by atoms with E-state index in [9.17, 15) is 4.79 Å². The zero-order chi connectivity index (χ0) is 16.1. The maximum Gasteiger partial charge on any atom is 0.281 e. The number of halogens is 1. The number of thiazole rings is 1. The monoisotopic (exact) mass is 352 g/mol. The molecule has 3 rings (SSSR count). The highest BCUT2D eigenvalue weighted by Crippen LogP contribution is 2.10. The number of carbonyl (C=O) groups is 1. The number of benzene rings is 1. The van der Waals surface area contributed by atoms with Crippen LogP contribution in [0, 0.1) is 0 Å². The summed E-state index contributed by atoms with van der Waals surface area (Å²) < 4.78 is 0. The van der Waals surface area contributed by atoms with Crippen molar-refractivity contribution in [2.24, 2.45) is 0 Å². The molecule has 0 atom stereocenters. The standard InChI is InChI=1S/C16H19ClN4OS/c17-14-3-1-2-13(10-14)11-20-5-7-21(8-6-20)12-15(22)19-16-18-4-9-23-16/h1-4,9-10H,5-8,11-12H2,(H,18,19,22)/p+2. The maximum absolute atomic E-state index is 12.0. The molecule has 1 aromatic heterocycles. The summed E-state index contributed by atoms with van der Waals surface area (Å²) in [5.41, 5.74) is 1.28. The number of carbonyl (C=O) groups excluding carboxylic acids is 1. The van der Waals surface area contributed by atoms with Gasteiger partial charge in [-0.3, -0.25) is 10.1 Å². The van der Waals surface area contributed by atoms with E-state index in [4.69, 9.17) is 11.6 Å². The highest BCUT2D eigenvalue weighted by molar-refractivity contribution is 7.13. The zero-order valence-electron chi connectivity index (χ0n) is 12.8. The first-order valence-electron chi connectivity index (χ1n) is 7.80. The minimum absolute atomic E-state index is 0.0493. The molecule has 0 unspecified atom stereocenters. The topological polar surface area (TPSA) is 50.9 Å². The Bertz CT molecular complexity index is 641. The molecule has 7 heteroatoms. The number of hydrogen-bond donors (Lipinski definition) is 3. The van der Waals surface area contributed by atoms with Crippen LogP contribution in [0.1, 0.15) is 5.56 Å². The second kappa shape index (κ2) is 7.88. The fourth-order valence-electron chi connectivity index (χ4n) is 2.92. The van der Waals surface area contributed by atoms with Crippen molar-refractivity contribution in [3.63, 3.8) is 0 Å². The van der Waals surface area contributed by atoms with Crippen LogP contribution in [0.3, 0.4) is 0 Å². The van der Waals surface area contributed by atoms with E-state index in [-0.39, 0.29) is 5.91 Å². The molecule has 1 amide bonds. The van der Waals surface area contributed by atoms with Crippen molar-refractivity contribution in [2.75, 3.05) is 38.0 Å². The predicted molar refractivity (Wildman–Crippen MR) is 92.2 cm³/mol. The number of quaternary nitrogens is 2. The van der Waals surface area contributed by atoms with E-state index in [2.05, 4.69) is 16.4 Å². The van der Waals surface area contributed by atoms with E-state index in [1.807, 2.05) is 23.6 Å². The van der Waals surface area contributed by atoms with Gasteiger partial charge in [0.2, 0.25) is 0 Å². The van der Waals surface area contributed by atoms with Gasteiger partial charge in [0.25, 0.3) is 5.91 Å². The van der Waals surface area contributed by atoms with Gasteiger partial charge in [0, 0.05) is 22.2 Å². The van der Waals surface area contributed by atoms with Gasteiger partial charge in [-0.05, 0) is 12.1 Å². The Kier molecular flexibility index (Phi) is 5.61. The molecule has 122 valence electrons. The molecule has 0 aliphatic carbocycles. The van der Waals surface area contributed by atoms with E-state index >= 15 is 0 Å². The molecule has 3 N–H and O–H groups in total. The van der Waals surface area contributed by atoms with E-state index in [1.54, 1.807) is 11.1 Å². The highest BCUT2D eigenvalue weighted by atomic mass is 35.5. The third-order valence-electron chi connectivity index (χ3n) is 4.10. The van der Waals surface area contributed by atoms with Crippen molar-refractivity contribution in [1.29, 1.82) is 0 Å². The lowest BCUT2D eigenvalue weighted by molar-refractivity contribution is -1.02. The van der Waals surface area contributed by atoms with Gasteiger partial charge in [-0.2, -0.15) is 0 Å². The van der Waals surface area contributed by atoms with E-state index in [0.717, 1.165) is 37.7 Å². The maximum atomic E-state index is 12.0. The summed E-state index contributed by atoms with van der Waals surface area (Å²) in [7, 11) is 0. The van der Waals surface area contributed by atoms with Crippen LogP contribution in [0.2, 0.25) is 5.02 Å². The molecule has 0 radical (unpaired) electrons. The average molecular weight is 353 g/mol. The summed E-state index contributed by atoms with van der Waals surface area (Å²) in [6, 6.07) is 8.07. The summed E-state index contributed by atoms with van der Waals surface area (Å²) in [6.07, 6.45) is 1.70. The Hall–Kier alpha value is -1.47. The van der Waals surface area contributed by atoms with Gasteiger partial charge < -0.3 is 9.80 Å². The van der Waals surface area contributed by atoms with Crippen molar-refractivity contribution in [3.05, 3.63) is 46.4 Å². The third-order valence-corrected chi connectivity index (χ3v) is 5.02. The lowest BCUT2D eigenvalue weighted by Crippen LogP contribution is -3.28. The van der Waals surface area contributed by atoms with Crippen LogP contribution in [-0.2, 0) is 11.3 Å².